The molecule has 0 bridgehead atoms. The minimum atomic E-state index is 0.623. The summed E-state index contributed by atoms with van der Waals surface area (Å²) in [4.78, 5) is 0. The van der Waals surface area contributed by atoms with Crippen LogP contribution in [0, 0.1) is 0 Å². The molecule has 3 heteroatoms. The summed E-state index contributed by atoms with van der Waals surface area (Å²) in [5.41, 5.74) is 2.28. The van der Waals surface area contributed by atoms with E-state index in [9.17, 15) is 0 Å². The second kappa shape index (κ2) is 4.32. The topological polar surface area (TPSA) is 9.23 Å². The van der Waals surface area contributed by atoms with Crippen molar-refractivity contribution in [2.75, 3.05) is 6.61 Å². The Bertz CT molecular complexity index is 404. The van der Waals surface area contributed by atoms with Crippen molar-refractivity contribution in [3.05, 3.63) is 44.9 Å². The minimum Gasteiger partial charge on any atom is -0.488 e. The minimum absolute atomic E-state index is 0.623. The monoisotopic (exact) mass is 314 g/mol. The molecule has 1 heterocycles. The van der Waals surface area contributed by atoms with Crippen molar-refractivity contribution in [2.45, 2.75) is 0 Å². The molecule has 0 radical (unpaired) electrons. The summed E-state index contributed by atoms with van der Waals surface area (Å²) in [5, 5.41) is 0. The van der Waals surface area contributed by atoms with Crippen LogP contribution in [0.2, 0.25) is 0 Å². The highest BCUT2D eigenvalue weighted by molar-refractivity contribution is 9.28. The van der Waals surface area contributed by atoms with Crippen LogP contribution in [0.25, 0.3) is 6.08 Å². The molecule has 1 nitrogen and oxygen atoms in total. The zero-order chi connectivity index (χ0) is 9.97. The first-order chi connectivity index (χ1) is 6.75. The summed E-state index contributed by atoms with van der Waals surface area (Å²) >= 11 is 6.66. The molecule has 0 saturated carbocycles. The summed E-state index contributed by atoms with van der Waals surface area (Å²) in [6.45, 7) is 0.623. The maximum absolute atomic E-state index is 5.58. The SMILES string of the molecule is BrC(Br)=CC1=Cc2ccccc2OC1. The van der Waals surface area contributed by atoms with Crippen molar-refractivity contribution in [1.29, 1.82) is 0 Å². The first-order valence-corrected chi connectivity index (χ1v) is 5.79. The smallest absolute Gasteiger partial charge is 0.127 e. The summed E-state index contributed by atoms with van der Waals surface area (Å²) in [6.07, 6.45) is 4.12. The fourth-order valence-electron chi connectivity index (χ4n) is 1.36. The number of rotatable bonds is 1. The van der Waals surface area contributed by atoms with Crippen LogP contribution in [0.3, 0.4) is 0 Å². The van der Waals surface area contributed by atoms with Crippen LogP contribution < -0.4 is 4.74 Å². The Balaban J connectivity index is 2.36. The van der Waals surface area contributed by atoms with Gasteiger partial charge in [0, 0.05) is 5.56 Å². The van der Waals surface area contributed by atoms with Crippen molar-refractivity contribution in [2.24, 2.45) is 0 Å². The lowest BCUT2D eigenvalue weighted by Crippen LogP contribution is -2.05. The maximum atomic E-state index is 5.58. The lowest BCUT2D eigenvalue weighted by atomic mass is 10.1. The Morgan fingerprint density at radius 3 is 2.86 bits per heavy atom. The highest BCUT2D eigenvalue weighted by Gasteiger charge is 2.08. The van der Waals surface area contributed by atoms with Crippen molar-refractivity contribution in [3.8, 4) is 5.75 Å². The van der Waals surface area contributed by atoms with Gasteiger partial charge in [-0.2, -0.15) is 0 Å². The van der Waals surface area contributed by atoms with Gasteiger partial charge in [-0.15, -0.1) is 0 Å². The van der Waals surface area contributed by atoms with Gasteiger partial charge in [-0.1, -0.05) is 18.2 Å². The lowest BCUT2D eigenvalue weighted by Gasteiger charge is -2.15. The molecule has 0 aromatic heterocycles. The molecule has 0 amide bonds. The second-order valence-electron chi connectivity index (χ2n) is 2.98. The van der Waals surface area contributed by atoms with Gasteiger partial charge in [0.1, 0.15) is 12.4 Å². The van der Waals surface area contributed by atoms with E-state index in [0.717, 1.165) is 20.3 Å². The third-order valence-electron chi connectivity index (χ3n) is 1.95. The van der Waals surface area contributed by atoms with E-state index in [-0.39, 0.29) is 0 Å². The van der Waals surface area contributed by atoms with Gasteiger partial charge in [-0.3, -0.25) is 0 Å². The third kappa shape index (κ3) is 2.28. The standard InChI is InChI=1S/C11H8Br2O/c12-11(13)6-8-5-9-3-1-2-4-10(9)14-7-8/h1-6H,7H2. The second-order valence-corrected chi connectivity index (χ2v) is 5.75. The van der Waals surface area contributed by atoms with Gasteiger partial charge in [-0.05, 0) is 55.7 Å². The first-order valence-electron chi connectivity index (χ1n) is 4.21. The van der Waals surface area contributed by atoms with Gasteiger partial charge >= 0.3 is 0 Å². The van der Waals surface area contributed by atoms with Gasteiger partial charge in [0.2, 0.25) is 0 Å². The molecule has 1 aliphatic heterocycles. The fourth-order valence-corrected chi connectivity index (χ4v) is 1.95. The Hall–Kier alpha value is -0.540. The number of fused-ring (bicyclic) bond motifs is 1. The van der Waals surface area contributed by atoms with Crippen molar-refractivity contribution < 1.29 is 4.74 Å². The molecule has 1 aromatic rings. The van der Waals surface area contributed by atoms with Crippen molar-refractivity contribution in [1.82, 2.24) is 0 Å². The van der Waals surface area contributed by atoms with Crippen LogP contribution in [0.4, 0.5) is 0 Å². The first kappa shape index (κ1) is 9.99. The van der Waals surface area contributed by atoms with Gasteiger partial charge in [-0.25, -0.2) is 0 Å². The molecule has 0 spiro atoms. The Kier molecular flexibility index (Phi) is 3.08. The van der Waals surface area contributed by atoms with E-state index in [1.807, 2.05) is 30.3 Å². The Morgan fingerprint density at radius 1 is 1.29 bits per heavy atom. The van der Waals surface area contributed by atoms with E-state index >= 15 is 0 Å². The molecule has 0 N–H and O–H groups in total. The molecular formula is C11H8Br2O. The average Bonchev–Trinajstić information content (AvgIpc) is 2.17. The van der Waals surface area contributed by atoms with Crippen LogP contribution in [0.5, 0.6) is 5.75 Å². The lowest BCUT2D eigenvalue weighted by molar-refractivity contribution is 0.351. The molecule has 0 atom stereocenters. The molecule has 0 saturated heterocycles. The molecule has 0 fully saturated rings. The van der Waals surface area contributed by atoms with E-state index in [1.165, 1.54) is 0 Å². The third-order valence-corrected chi connectivity index (χ3v) is 2.41. The predicted molar refractivity (Wildman–Crippen MR) is 65.9 cm³/mol. The summed E-state index contributed by atoms with van der Waals surface area (Å²) in [7, 11) is 0. The van der Waals surface area contributed by atoms with Crippen LogP contribution in [0.15, 0.2) is 39.3 Å². The largest absolute Gasteiger partial charge is 0.488 e. The van der Waals surface area contributed by atoms with Crippen LogP contribution in [0.1, 0.15) is 5.56 Å². The average molecular weight is 316 g/mol. The van der Waals surface area contributed by atoms with Gasteiger partial charge in [0.15, 0.2) is 0 Å². The Labute approximate surface area is 99.7 Å². The summed E-state index contributed by atoms with van der Waals surface area (Å²) in [6, 6.07) is 8.02. The number of hydrogen-bond acceptors (Lipinski definition) is 1. The molecule has 0 unspecified atom stereocenters. The summed E-state index contributed by atoms with van der Waals surface area (Å²) in [5.74, 6) is 0.954. The zero-order valence-corrected chi connectivity index (χ0v) is 10.5. The van der Waals surface area contributed by atoms with Gasteiger partial charge in [0.25, 0.3) is 0 Å². The molecular weight excluding hydrogens is 308 g/mol. The summed E-state index contributed by atoms with van der Waals surface area (Å²) < 4.78 is 6.51. The molecule has 14 heavy (non-hydrogen) atoms. The van der Waals surface area contributed by atoms with E-state index in [4.69, 9.17) is 4.74 Å². The van der Waals surface area contributed by atoms with Crippen LogP contribution >= 0.6 is 31.9 Å². The Morgan fingerprint density at radius 2 is 2.07 bits per heavy atom. The fraction of sp³-hybridized carbons (Fsp3) is 0.0909. The van der Waals surface area contributed by atoms with E-state index in [2.05, 4.69) is 37.9 Å². The van der Waals surface area contributed by atoms with Gasteiger partial charge < -0.3 is 4.74 Å². The predicted octanol–water partition coefficient (Wildman–Crippen LogP) is 4.09. The van der Waals surface area contributed by atoms with Crippen molar-refractivity contribution in [3.63, 3.8) is 0 Å². The highest BCUT2D eigenvalue weighted by atomic mass is 79.9. The number of para-hydroxylation sites is 1. The van der Waals surface area contributed by atoms with Crippen molar-refractivity contribution >= 4 is 37.9 Å². The van der Waals surface area contributed by atoms with E-state index < -0.39 is 0 Å². The maximum Gasteiger partial charge on any atom is 0.127 e. The number of ether oxygens (including phenoxy) is 1. The van der Waals surface area contributed by atoms with E-state index in [0.29, 0.717) is 6.61 Å². The highest BCUT2D eigenvalue weighted by Crippen LogP contribution is 2.27. The molecule has 1 aromatic carbocycles. The quantitative estimate of drug-likeness (QED) is 0.758. The number of hydrogen-bond donors (Lipinski definition) is 0. The van der Waals surface area contributed by atoms with Gasteiger partial charge in [0.05, 0.1) is 3.39 Å². The molecule has 72 valence electrons. The molecule has 2 rings (SSSR count). The number of halogens is 2. The molecule has 0 aliphatic carbocycles. The molecule has 1 aliphatic rings. The zero-order valence-electron chi connectivity index (χ0n) is 7.34. The van der Waals surface area contributed by atoms with Crippen LogP contribution in [-0.2, 0) is 0 Å². The van der Waals surface area contributed by atoms with E-state index in [1.54, 1.807) is 0 Å². The number of benzene rings is 1. The normalized spacial score (nSPS) is 13.7. The van der Waals surface area contributed by atoms with Crippen LogP contribution in [-0.4, -0.2) is 6.61 Å².